The summed E-state index contributed by atoms with van der Waals surface area (Å²) in [6, 6.07) is 0. The number of anilines is 1. The third-order valence-corrected chi connectivity index (χ3v) is 7.73. The van der Waals surface area contributed by atoms with E-state index in [-0.39, 0.29) is 56.9 Å². The van der Waals surface area contributed by atoms with Gasteiger partial charge in [-0.2, -0.15) is 0 Å². The van der Waals surface area contributed by atoms with Crippen molar-refractivity contribution in [1.82, 2.24) is 15.2 Å². The Morgan fingerprint density at radius 3 is 2.10 bits per heavy atom. The molecule has 17 nitrogen and oxygen atoms in total. The Morgan fingerprint density at radius 1 is 1.03 bits per heavy atom. The van der Waals surface area contributed by atoms with Gasteiger partial charge in [-0.05, 0) is 6.92 Å². The van der Waals surface area contributed by atoms with Crippen LogP contribution in [0.15, 0.2) is 54.5 Å². The van der Waals surface area contributed by atoms with Crippen molar-refractivity contribution in [3.05, 3.63) is 60.2 Å². The highest BCUT2D eigenvalue weighted by Crippen LogP contribution is 2.21. The number of aliphatic hydroxyl groups excluding tert-OH is 1. The number of aldehydes is 1. The molecule has 0 radical (unpaired) electrons. The van der Waals surface area contributed by atoms with Gasteiger partial charge >= 0.3 is 0 Å². The van der Waals surface area contributed by atoms with Crippen LogP contribution in [0.4, 0.5) is 13.9 Å². The van der Waals surface area contributed by atoms with Crippen LogP contribution in [0.1, 0.15) is 26.0 Å². The van der Waals surface area contributed by atoms with Crippen LogP contribution in [0.2, 0.25) is 0 Å². The molecule has 1 saturated heterocycles. The second-order valence-electron chi connectivity index (χ2n) is 11.5. The van der Waals surface area contributed by atoms with Gasteiger partial charge in [0.1, 0.15) is 25.5 Å². The molecule has 3 rings (SSSR count). The minimum Gasteiger partial charge on any atom is -0.412 e. The minimum atomic E-state index is -0.967. The number of aromatic nitrogens is 1. The van der Waals surface area contributed by atoms with Crippen LogP contribution >= 0.6 is 11.3 Å². The average molecular weight is 854 g/mol. The Morgan fingerprint density at radius 2 is 1.59 bits per heavy atom. The van der Waals surface area contributed by atoms with Gasteiger partial charge < -0.3 is 59.2 Å². The number of hydrogen-bond acceptors (Lipinski definition) is 16. The highest BCUT2D eigenvalue weighted by atomic mass is 32.1. The van der Waals surface area contributed by atoms with Crippen LogP contribution in [0.25, 0.3) is 0 Å². The predicted molar refractivity (Wildman–Crippen MR) is 218 cm³/mol. The first-order chi connectivity index (χ1) is 27.7. The smallest absolute Gasteiger partial charge is 0.259 e. The number of imide groups is 1. The van der Waals surface area contributed by atoms with Crippen molar-refractivity contribution in [2.75, 3.05) is 130 Å². The number of rotatable bonds is 28. The number of allylic oxidation sites excluding steroid dienone is 2. The van der Waals surface area contributed by atoms with Crippen LogP contribution in [0.5, 0.6) is 0 Å². The summed E-state index contributed by atoms with van der Waals surface area (Å²) in [6.07, 6.45) is 6.14. The molecule has 6 N–H and O–H groups in total. The van der Waals surface area contributed by atoms with Crippen molar-refractivity contribution >= 4 is 34.6 Å². The zero-order valence-electron chi connectivity index (χ0n) is 33.9. The van der Waals surface area contributed by atoms with Gasteiger partial charge in [-0.25, -0.2) is 13.8 Å². The highest BCUT2D eigenvalue weighted by Gasteiger charge is 2.30. The summed E-state index contributed by atoms with van der Waals surface area (Å²) < 4.78 is 60.8. The number of amides is 2. The van der Waals surface area contributed by atoms with E-state index in [1.807, 2.05) is 19.9 Å². The van der Waals surface area contributed by atoms with E-state index in [4.69, 9.17) is 38.9 Å². The topological polar surface area (TPSA) is 225 Å². The molecular weight excluding hydrogens is 789 g/mol. The molecule has 0 aliphatic carbocycles. The van der Waals surface area contributed by atoms with Crippen LogP contribution < -0.4 is 16.0 Å². The number of carbonyl (C=O) groups is 3. The molecule has 1 atom stereocenters. The fraction of sp³-hybridized carbons (Fsp3) is 0.632. The number of nitrogens with zero attached hydrogens (tertiary/aromatic N) is 3. The second kappa shape index (κ2) is 40.4. The molecular formula is C38H65F2N5O12S. The van der Waals surface area contributed by atoms with E-state index >= 15 is 0 Å². The molecule has 0 aromatic carbocycles. The molecule has 1 aromatic heterocycles. The van der Waals surface area contributed by atoms with Crippen molar-refractivity contribution in [3.63, 3.8) is 0 Å². The largest absolute Gasteiger partial charge is 0.412 e. The molecule has 58 heavy (non-hydrogen) atoms. The number of hydrogen-bond donors (Lipinski definition) is 3. The van der Waals surface area contributed by atoms with Gasteiger partial charge in [0.2, 0.25) is 0 Å². The van der Waals surface area contributed by atoms with E-state index in [0.29, 0.717) is 59.2 Å². The van der Waals surface area contributed by atoms with Crippen molar-refractivity contribution < 1.29 is 66.9 Å². The lowest BCUT2D eigenvalue weighted by Gasteiger charge is -2.25. The quantitative estimate of drug-likeness (QED) is 0.0359. The third-order valence-electron chi connectivity index (χ3n) is 6.78. The van der Waals surface area contributed by atoms with E-state index in [0.717, 1.165) is 54.7 Å². The summed E-state index contributed by atoms with van der Waals surface area (Å²) in [7, 11) is 0. The summed E-state index contributed by atoms with van der Waals surface area (Å²) in [6.45, 7) is 17.5. The van der Waals surface area contributed by atoms with E-state index in [1.54, 1.807) is 17.4 Å². The van der Waals surface area contributed by atoms with Gasteiger partial charge in [0, 0.05) is 62.6 Å². The van der Waals surface area contributed by atoms with Crippen molar-refractivity contribution in [2.24, 2.45) is 5.73 Å². The maximum Gasteiger partial charge on any atom is 0.259 e. The zero-order valence-corrected chi connectivity index (χ0v) is 34.7. The summed E-state index contributed by atoms with van der Waals surface area (Å²) >= 11 is 1.71. The van der Waals surface area contributed by atoms with E-state index in [1.165, 1.54) is 6.08 Å². The lowest BCUT2D eigenvalue weighted by molar-refractivity contribution is -0.137. The number of nitrogens with one attached hydrogen (secondary N) is 1. The number of ether oxygens (including phenoxy) is 7. The molecule has 2 aliphatic heterocycles. The van der Waals surface area contributed by atoms with E-state index < -0.39 is 30.5 Å². The molecule has 0 spiro atoms. The average Bonchev–Trinajstić information content (AvgIpc) is 3.80. The Labute approximate surface area is 345 Å². The first-order valence-corrected chi connectivity index (χ1v) is 19.6. The standard InChI is InChI=1S/C22H37F2N3O9.C10H14N2OS.C3H6O.C3H6.H2O/c23-14-19(24)16-35-12-11-34-10-9-33-8-7-32-6-5-31-4-2-26-20(28)17-36-15-18-13-21(29)27(3-1-25)22(18)30;1-2-3-9-8-14-10(11-9)12-4-6-13-7-5-12;1-2-3-4;1-3-2;/h13-14,20,26,28H,1-12,15-17,25H2;2,8H,1,3-7H2;3H,2H2,1H3;3H,1H2,2H3;1H2/b19-14-;;;;. The van der Waals surface area contributed by atoms with Crippen LogP contribution in [0, 0.1) is 0 Å². The number of aliphatic hydroxyl groups is 1. The molecule has 20 heteroatoms. The predicted octanol–water partition coefficient (Wildman–Crippen LogP) is 1.70. The molecule has 2 aliphatic rings. The lowest BCUT2D eigenvalue weighted by Crippen LogP contribution is -2.37. The van der Waals surface area contributed by atoms with Gasteiger partial charge in [0.25, 0.3) is 11.8 Å². The summed E-state index contributed by atoms with van der Waals surface area (Å²) in [5.74, 6) is -1.80. The maximum absolute atomic E-state index is 12.4. The van der Waals surface area contributed by atoms with Crippen LogP contribution in [-0.2, 0) is 54.0 Å². The Kier molecular flexibility index (Phi) is 39.5. The first kappa shape index (κ1) is 56.7. The molecule has 3 heterocycles. The van der Waals surface area contributed by atoms with Crippen molar-refractivity contribution in [1.29, 1.82) is 0 Å². The van der Waals surface area contributed by atoms with Gasteiger partial charge in [0.15, 0.2) is 11.0 Å². The van der Waals surface area contributed by atoms with Gasteiger partial charge in [-0.3, -0.25) is 19.8 Å². The number of nitrogens with two attached hydrogens (primary N) is 1. The van der Waals surface area contributed by atoms with Gasteiger partial charge in [-0.15, -0.1) is 24.5 Å². The molecule has 1 unspecified atom stereocenters. The summed E-state index contributed by atoms with van der Waals surface area (Å²) in [5, 5.41) is 15.9. The zero-order chi connectivity index (χ0) is 42.4. The van der Waals surface area contributed by atoms with E-state index in [2.05, 4.69) is 33.7 Å². The molecule has 1 aromatic rings. The Hall–Kier alpha value is -3.38. The van der Waals surface area contributed by atoms with Crippen LogP contribution in [0.3, 0.4) is 0 Å². The lowest BCUT2D eigenvalue weighted by atomic mass is 10.3. The molecule has 1 fully saturated rings. The van der Waals surface area contributed by atoms with Gasteiger partial charge in [-0.1, -0.05) is 19.1 Å². The Bertz CT molecular complexity index is 1270. The maximum atomic E-state index is 12.4. The fourth-order valence-corrected chi connectivity index (χ4v) is 5.05. The first-order valence-electron chi connectivity index (χ1n) is 18.7. The molecule has 334 valence electrons. The number of morpholine rings is 1. The molecule has 0 saturated carbocycles. The fourth-order valence-electron chi connectivity index (χ4n) is 4.16. The third kappa shape index (κ3) is 29.8. The van der Waals surface area contributed by atoms with Crippen molar-refractivity contribution in [2.45, 2.75) is 32.9 Å². The number of carbonyl (C=O) groups excluding carboxylic acids is 3. The number of thiazole rings is 1. The minimum absolute atomic E-state index is 0. The highest BCUT2D eigenvalue weighted by molar-refractivity contribution is 7.13. The normalized spacial score (nSPS) is 14.2. The number of halogens is 2. The van der Waals surface area contributed by atoms with Crippen molar-refractivity contribution in [3.8, 4) is 0 Å². The summed E-state index contributed by atoms with van der Waals surface area (Å²) in [4.78, 5) is 40.7. The monoisotopic (exact) mass is 853 g/mol. The van der Waals surface area contributed by atoms with Crippen LogP contribution in [-0.4, -0.2) is 170 Å². The SMILES string of the molecule is C=CC.C=CCc1csc(N2CCOCC2)n1.CCC=O.NCCN1C(=O)C=C(COCC(O)NCCOCCOCCOCCOCCOC/C(F)=C/F)C1=O.O. The Balaban J connectivity index is 0. The molecule has 0 bridgehead atoms. The van der Waals surface area contributed by atoms with Gasteiger partial charge in [0.05, 0.1) is 91.6 Å². The second-order valence-corrected chi connectivity index (χ2v) is 12.3. The van der Waals surface area contributed by atoms with E-state index in [9.17, 15) is 28.3 Å². The summed E-state index contributed by atoms with van der Waals surface area (Å²) in [5.41, 5.74) is 6.72. The molecule has 2 amide bonds.